The number of hydrogen-bond acceptors (Lipinski definition) is 3. The second-order valence-corrected chi connectivity index (χ2v) is 5.38. The highest BCUT2D eigenvalue weighted by atomic mass is 35.5. The zero-order valence-electron chi connectivity index (χ0n) is 12.5. The Morgan fingerprint density at radius 2 is 2.00 bits per heavy atom. The van der Waals surface area contributed by atoms with Crippen molar-refractivity contribution in [2.75, 3.05) is 6.61 Å². The molecule has 0 aliphatic rings. The number of aryl methyl sites for hydroxylation is 1. The smallest absolute Gasteiger partial charge is 0.416 e. The molecule has 0 aliphatic heterocycles. The highest BCUT2D eigenvalue weighted by Gasteiger charge is 2.32. The van der Waals surface area contributed by atoms with Crippen LogP contribution in [0.3, 0.4) is 0 Å². The second kappa shape index (κ2) is 6.72. The fraction of sp³-hybridized carbons (Fsp3) is 0.333. The minimum atomic E-state index is -4.62. The average molecular weight is 364 g/mol. The normalized spacial score (nSPS) is 11.7. The molecule has 1 aromatic heterocycles. The van der Waals surface area contributed by atoms with E-state index in [1.165, 1.54) is 0 Å². The monoisotopic (exact) mass is 363 g/mol. The summed E-state index contributed by atoms with van der Waals surface area (Å²) < 4.78 is 43.8. The number of ether oxygens (including phenoxy) is 1. The van der Waals surface area contributed by atoms with Gasteiger partial charge in [0.2, 0.25) is 0 Å². The van der Waals surface area contributed by atoms with E-state index in [0.717, 1.165) is 12.1 Å². The Morgan fingerprint density at radius 1 is 1.33 bits per heavy atom. The van der Waals surface area contributed by atoms with Gasteiger partial charge in [-0.05, 0) is 31.0 Å². The van der Waals surface area contributed by atoms with Crippen molar-refractivity contribution in [3.05, 3.63) is 34.0 Å². The van der Waals surface area contributed by atoms with Crippen LogP contribution in [0, 0.1) is 0 Å². The summed E-state index contributed by atoms with van der Waals surface area (Å²) in [6.07, 6.45) is -5.11. The zero-order valence-corrected chi connectivity index (χ0v) is 13.2. The predicted molar refractivity (Wildman–Crippen MR) is 80.2 cm³/mol. The molecule has 0 atom stereocenters. The van der Waals surface area contributed by atoms with E-state index < -0.39 is 23.7 Å². The van der Waals surface area contributed by atoms with Gasteiger partial charge in [-0.25, -0.2) is 4.79 Å². The zero-order chi connectivity index (χ0) is 18.1. The lowest BCUT2D eigenvalue weighted by molar-refractivity contribution is -0.138. The number of hydrogen-bond donors (Lipinski definition) is 2. The molecular weight excluding hydrogens is 351 g/mol. The Labute approximate surface area is 139 Å². The summed E-state index contributed by atoms with van der Waals surface area (Å²) in [6, 6.07) is 1.59. The molecule has 0 saturated carbocycles. The molecule has 0 aliphatic carbocycles. The summed E-state index contributed by atoms with van der Waals surface area (Å²) in [5.74, 6) is -1.92. The van der Waals surface area contributed by atoms with Gasteiger partial charge in [0.1, 0.15) is 5.69 Å². The molecule has 5 nitrogen and oxygen atoms in total. The van der Waals surface area contributed by atoms with Crippen LogP contribution < -0.4 is 0 Å². The standard InChI is InChI=1S/C15H13ClF3NO4/c1-2-24-14(23)13-8(3-4-11(21)22)9-5-7(15(17,18)19)6-10(16)12(9)20-13/h5-6,20H,2-4H2,1H3,(H,21,22). The van der Waals surface area contributed by atoms with Crippen LogP contribution in [0.15, 0.2) is 12.1 Å². The van der Waals surface area contributed by atoms with Crippen LogP contribution in [0.4, 0.5) is 13.2 Å². The van der Waals surface area contributed by atoms with Gasteiger partial charge in [0.15, 0.2) is 0 Å². The SMILES string of the molecule is CCOC(=O)c1[nH]c2c(Cl)cc(C(F)(F)F)cc2c1CCC(=O)O. The molecule has 130 valence electrons. The van der Waals surface area contributed by atoms with E-state index in [4.69, 9.17) is 21.4 Å². The number of halogens is 4. The van der Waals surface area contributed by atoms with Crippen molar-refractivity contribution in [3.63, 3.8) is 0 Å². The summed E-state index contributed by atoms with van der Waals surface area (Å²) in [4.78, 5) is 25.5. The minimum Gasteiger partial charge on any atom is -0.481 e. The third-order valence-corrected chi connectivity index (χ3v) is 3.66. The molecule has 2 N–H and O–H groups in total. The van der Waals surface area contributed by atoms with E-state index in [0.29, 0.717) is 0 Å². The number of esters is 1. The number of aliphatic carboxylic acids is 1. The van der Waals surface area contributed by atoms with Crippen molar-refractivity contribution >= 4 is 34.4 Å². The summed E-state index contributed by atoms with van der Waals surface area (Å²) in [5, 5.41) is 8.66. The highest BCUT2D eigenvalue weighted by Crippen LogP contribution is 2.37. The molecule has 1 aromatic carbocycles. The van der Waals surface area contributed by atoms with Gasteiger partial charge in [-0.2, -0.15) is 13.2 Å². The van der Waals surface area contributed by atoms with Crippen molar-refractivity contribution in [2.24, 2.45) is 0 Å². The number of carbonyl (C=O) groups excluding carboxylic acids is 1. The topological polar surface area (TPSA) is 79.4 Å². The molecule has 0 fully saturated rings. The predicted octanol–water partition coefficient (Wildman–Crippen LogP) is 4.03. The summed E-state index contributed by atoms with van der Waals surface area (Å²) >= 11 is 5.90. The van der Waals surface area contributed by atoms with E-state index in [1.807, 2.05) is 0 Å². The molecule has 0 bridgehead atoms. The van der Waals surface area contributed by atoms with Crippen LogP contribution in [-0.2, 0) is 22.1 Å². The molecular formula is C15H13ClF3NO4. The maximum absolute atomic E-state index is 13.0. The number of carboxylic acid groups (broad SMARTS) is 1. The Bertz CT molecular complexity index is 798. The largest absolute Gasteiger partial charge is 0.481 e. The van der Waals surface area contributed by atoms with Crippen molar-refractivity contribution in [1.82, 2.24) is 4.98 Å². The quantitative estimate of drug-likeness (QED) is 0.786. The van der Waals surface area contributed by atoms with Crippen molar-refractivity contribution < 1.29 is 32.6 Å². The lowest BCUT2D eigenvalue weighted by Crippen LogP contribution is -2.09. The third-order valence-electron chi connectivity index (χ3n) is 3.36. The molecule has 2 aromatic rings. The molecule has 1 heterocycles. The van der Waals surface area contributed by atoms with Gasteiger partial charge in [0, 0.05) is 11.8 Å². The first-order chi connectivity index (χ1) is 11.1. The van der Waals surface area contributed by atoms with Gasteiger partial charge in [0.05, 0.1) is 22.7 Å². The lowest BCUT2D eigenvalue weighted by atomic mass is 10.0. The Kier molecular flexibility index (Phi) is 5.08. The van der Waals surface area contributed by atoms with E-state index >= 15 is 0 Å². The first-order valence-electron chi connectivity index (χ1n) is 6.95. The Hall–Kier alpha value is -2.22. The van der Waals surface area contributed by atoms with Crippen LogP contribution in [0.2, 0.25) is 5.02 Å². The molecule has 0 unspecified atom stereocenters. The van der Waals surface area contributed by atoms with Gasteiger partial charge < -0.3 is 14.8 Å². The third kappa shape index (κ3) is 3.64. The van der Waals surface area contributed by atoms with Crippen LogP contribution in [0.5, 0.6) is 0 Å². The summed E-state index contributed by atoms with van der Waals surface area (Å²) in [5.41, 5.74) is -0.799. The number of H-pyrrole nitrogens is 1. The highest BCUT2D eigenvalue weighted by molar-refractivity contribution is 6.35. The Morgan fingerprint density at radius 3 is 2.54 bits per heavy atom. The van der Waals surface area contributed by atoms with Gasteiger partial charge in [-0.15, -0.1) is 0 Å². The molecule has 0 amide bonds. The first kappa shape index (κ1) is 18.1. The van der Waals surface area contributed by atoms with Gasteiger partial charge >= 0.3 is 18.1 Å². The second-order valence-electron chi connectivity index (χ2n) is 4.97. The van der Waals surface area contributed by atoms with Gasteiger partial charge in [-0.1, -0.05) is 11.6 Å². The van der Waals surface area contributed by atoms with Gasteiger partial charge in [0.25, 0.3) is 0 Å². The first-order valence-corrected chi connectivity index (χ1v) is 7.33. The summed E-state index contributed by atoms with van der Waals surface area (Å²) in [7, 11) is 0. The number of benzene rings is 1. The molecule has 2 rings (SSSR count). The Balaban J connectivity index is 2.68. The van der Waals surface area contributed by atoms with Crippen LogP contribution >= 0.6 is 11.6 Å². The molecule has 0 saturated heterocycles. The number of rotatable bonds is 5. The van der Waals surface area contributed by atoms with E-state index in [9.17, 15) is 22.8 Å². The number of aromatic amines is 1. The van der Waals surface area contributed by atoms with Crippen molar-refractivity contribution in [2.45, 2.75) is 25.9 Å². The molecule has 0 radical (unpaired) electrons. The van der Waals surface area contributed by atoms with E-state index in [-0.39, 0.29) is 46.6 Å². The number of nitrogens with one attached hydrogen (secondary N) is 1. The van der Waals surface area contributed by atoms with E-state index in [1.54, 1.807) is 6.92 Å². The number of fused-ring (bicyclic) bond motifs is 1. The number of alkyl halides is 3. The van der Waals surface area contributed by atoms with Gasteiger partial charge in [-0.3, -0.25) is 4.79 Å². The maximum Gasteiger partial charge on any atom is 0.416 e. The van der Waals surface area contributed by atoms with Crippen LogP contribution in [-0.4, -0.2) is 28.6 Å². The van der Waals surface area contributed by atoms with E-state index in [2.05, 4.69) is 4.98 Å². The summed E-state index contributed by atoms with van der Waals surface area (Å²) in [6.45, 7) is 1.64. The fourth-order valence-corrected chi connectivity index (χ4v) is 2.61. The molecule has 24 heavy (non-hydrogen) atoms. The molecule has 0 spiro atoms. The van der Waals surface area contributed by atoms with Crippen molar-refractivity contribution in [3.8, 4) is 0 Å². The molecule has 9 heteroatoms. The number of carboxylic acids is 1. The minimum absolute atomic E-state index is 0.0547. The van der Waals surface area contributed by atoms with Crippen molar-refractivity contribution in [1.29, 1.82) is 0 Å². The van der Waals surface area contributed by atoms with Crippen LogP contribution in [0.1, 0.15) is 35.0 Å². The lowest BCUT2D eigenvalue weighted by Gasteiger charge is -2.08. The maximum atomic E-state index is 13.0. The number of aromatic nitrogens is 1. The number of carbonyl (C=O) groups is 2. The average Bonchev–Trinajstić information content (AvgIpc) is 2.83. The van der Waals surface area contributed by atoms with Crippen LogP contribution in [0.25, 0.3) is 10.9 Å². The fourth-order valence-electron chi connectivity index (χ4n) is 2.34.